The van der Waals surface area contributed by atoms with Gasteiger partial charge in [-0.1, -0.05) is 13.8 Å². The van der Waals surface area contributed by atoms with E-state index in [9.17, 15) is 0 Å². The lowest BCUT2D eigenvalue weighted by Crippen LogP contribution is -2.08. The van der Waals surface area contributed by atoms with E-state index in [1.54, 1.807) is 0 Å². The molecule has 0 bridgehead atoms. The van der Waals surface area contributed by atoms with Gasteiger partial charge in [0, 0.05) is 12.7 Å². The van der Waals surface area contributed by atoms with Crippen molar-refractivity contribution in [1.29, 1.82) is 0 Å². The zero-order valence-electron chi connectivity index (χ0n) is 10.1. The molecule has 0 saturated heterocycles. The molecule has 86 valence electrons. The van der Waals surface area contributed by atoms with Crippen molar-refractivity contribution in [1.82, 2.24) is 19.3 Å². The zero-order chi connectivity index (χ0) is 11.5. The monoisotopic (exact) mass is 218 g/mol. The Morgan fingerprint density at radius 2 is 2.00 bits per heavy atom. The molecule has 0 saturated carbocycles. The van der Waals surface area contributed by atoms with Gasteiger partial charge in [0.05, 0.1) is 30.5 Å². The summed E-state index contributed by atoms with van der Waals surface area (Å²) in [5.41, 5.74) is 3.64. The van der Waals surface area contributed by atoms with Crippen LogP contribution in [-0.4, -0.2) is 19.3 Å². The average molecular weight is 218 g/mol. The summed E-state index contributed by atoms with van der Waals surface area (Å²) in [4.78, 5) is 4.12. The molecule has 0 radical (unpaired) electrons. The first kappa shape index (κ1) is 10.9. The Balaban J connectivity index is 2.26. The number of aryl methyl sites for hydroxylation is 3. The van der Waals surface area contributed by atoms with E-state index >= 15 is 0 Å². The van der Waals surface area contributed by atoms with Crippen molar-refractivity contribution in [3.05, 3.63) is 35.7 Å². The van der Waals surface area contributed by atoms with Gasteiger partial charge >= 0.3 is 0 Å². The fourth-order valence-electron chi connectivity index (χ4n) is 1.80. The van der Waals surface area contributed by atoms with E-state index < -0.39 is 0 Å². The van der Waals surface area contributed by atoms with Gasteiger partial charge < -0.3 is 4.57 Å². The predicted octanol–water partition coefficient (Wildman–Crippen LogP) is 1.79. The van der Waals surface area contributed by atoms with Gasteiger partial charge in [-0.25, -0.2) is 4.98 Å². The first-order valence-electron chi connectivity index (χ1n) is 5.75. The van der Waals surface area contributed by atoms with E-state index in [0.717, 1.165) is 19.4 Å². The van der Waals surface area contributed by atoms with Crippen LogP contribution in [-0.2, 0) is 26.4 Å². The van der Waals surface area contributed by atoms with E-state index in [2.05, 4.69) is 34.7 Å². The Morgan fingerprint density at radius 1 is 1.19 bits per heavy atom. The van der Waals surface area contributed by atoms with Gasteiger partial charge in [-0.15, -0.1) is 0 Å². The van der Waals surface area contributed by atoms with Gasteiger partial charge in [0.25, 0.3) is 0 Å². The highest BCUT2D eigenvalue weighted by Crippen LogP contribution is 2.09. The molecule has 0 aliphatic heterocycles. The predicted molar refractivity (Wildman–Crippen MR) is 63.3 cm³/mol. The minimum Gasteiger partial charge on any atom is -0.336 e. The van der Waals surface area contributed by atoms with Crippen molar-refractivity contribution >= 4 is 0 Å². The summed E-state index contributed by atoms with van der Waals surface area (Å²) in [7, 11) is 2.01. The lowest BCUT2D eigenvalue weighted by molar-refractivity contribution is 0.612. The van der Waals surface area contributed by atoms with Gasteiger partial charge in [0.15, 0.2) is 0 Å². The van der Waals surface area contributed by atoms with E-state index in [0.29, 0.717) is 0 Å². The quantitative estimate of drug-likeness (QED) is 0.784. The van der Waals surface area contributed by atoms with E-state index in [4.69, 9.17) is 0 Å². The molecule has 0 atom stereocenters. The molecule has 0 aromatic carbocycles. The molecule has 0 amide bonds. The van der Waals surface area contributed by atoms with Crippen molar-refractivity contribution in [2.45, 2.75) is 33.2 Å². The topological polar surface area (TPSA) is 35.6 Å². The highest BCUT2D eigenvalue weighted by atomic mass is 15.3. The zero-order valence-corrected chi connectivity index (χ0v) is 10.1. The van der Waals surface area contributed by atoms with Crippen LogP contribution in [0.1, 0.15) is 30.9 Å². The van der Waals surface area contributed by atoms with Crippen molar-refractivity contribution in [2.75, 3.05) is 0 Å². The summed E-state index contributed by atoms with van der Waals surface area (Å²) in [5, 5.41) is 4.59. The summed E-state index contributed by atoms with van der Waals surface area (Å²) in [5.74, 6) is 0. The molecule has 4 heteroatoms. The average Bonchev–Trinajstić information content (AvgIpc) is 2.86. The molecule has 2 heterocycles. The summed E-state index contributed by atoms with van der Waals surface area (Å²) < 4.78 is 4.11. The Kier molecular flexibility index (Phi) is 3.08. The molecule has 0 unspecified atom stereocenters. The summed E-state index contributed by atoms with van der Waals surface area (Å²) in [6.45, 7) is 5.10. The molecule has 0 spiro atoms. The third-order valence-corrected chi connectivity index (χ3v) is 2.87. The minimum absolute atomic E-state index is 0.805. The third-order valence-electron chi connectivity index (χ3n) is 2.87. The molecule has 4 nitrogen and oxygen atoms in total. The van der Waals surface area contributed by atoms with Crippen LogP contribution in [0, 0.1) is 0 Å². The number of aromatic nitrogens is 4. The van der Waals surface area contributed by atoms with Gasteiger partial charge in [-0.3, -0.25) is 4.68 Å². The van der Waals surface area contributed by atoms with Crippen LogP contribution in [0.5, 0.6) is 0 Å². The molecular formula is C12H18N4. The second-order valence-electron chi connectivity index (χ2n) is 3.99. The third kappa shape index (κ3) is 2.01. The molecular weight excluding hydrogens is 200 g/mol. The maximum Gasteiger partial charge on any atom is 0.0946 e. The Labute approximate surface area is 95.9 Å². The second-order valence-corrected chi connectivity index (χ2v) is 3.99. The van der Waals surface area contributed by atoms with Crippen molar-refractivity contribution < 1.29 is 0 Å². The number of imidazole rings is 1. The molecule has 2 rings (SSSR count). The molecule has 2 aromatic rings. The van der Waals surface area contributed by atoms with Crippen LogP contribution in [0.3, 0.4) is 0 Å². The summed E-state index contributed by atoms with van der Waals surface area (Å²) in [6.07, 6.45) is 5.73. The first-order valence-corrected chi connectivity index (χ1v) is 5.75. The van der Waals surface area contributed by atoms with E-state index in [-0.39, 0.29) is 0 Å². The molecule has 2 aromatic heterocycles. The van der Waals surface area contributed by atoms with Crippen LogP contribution in [0.25, 0.3) is 0 Å². The van der Waals surface area contributed by atoms with Crippen LogP contribution >= 0.6 is 0 Å². The maximum absolute atomic E-state index is 4.59. The van der Waals surface area contributed by atoms with Crippen molar-refractivity contribution in [3.8, 4) is 0 Å². The second kappa shape index (κ2) is 4.51. The minimum atomic E-state index is 0.805. The van der Waals surface area contributed by atoms with E-state index in [1.807, 2.05) is 24.1 Å². The number of nitrogens with zero attached hydrogens (tertiary/aromatic N) is 4. The SMILES string of the molecule is CCc1cc(CC)n(Cc2cncn2C)n1. The highest BCUT2D eigenvalue weighted by Gasteiger charge is 2.07. The van der Waals surface area contributed by atoms with Crippen molar-refractivity contribution in [3.63, 3.8) is 0 Å². The summed E-state index contributed by atoms with van der Waals surface area (Å²) >= 11 is 0. The maximum atomic E-state index is 4.59. The van der Waals surface area contributed by atoms with Crippen LogP contribution in [0.15, 0.2) is 18.6 Å². The van der Waals surface area contributed by atoms with Gasteiger partial charge in [-0.2, -0.15) is 5.10 Å². The highest BCUT2D eigenvalue weighted by molar-refractivity contribution is 5.12. The van der Waals surface area contributed by atoms with Crippen LogP contribution < -0.4 is 0 Å². The van der Waals surface area contributed by atoms with Crippen molar-refractivity contribution in [2.24, 2.45) is 7.05 Å². The standard InChI is InChI=1S/C12H18N4/c1-4-10-6-11(5-2)16(14-10)8-12-7-13-9-15(12)3/h6-7,9H,4-5,8H2,1-3H3. The summed E-state index contributed by atoms with van der Waals surface area (Å²) in [6, 6.07) is 2.19. The number of hydrogen-bond acceptors (Lipinski definition) is 2. The van der Waals surface area contributed by atoms with E-state index in [1.165, 1.54) is 17.1 Å². The molecule has 16 heavy (non-hydrogen) atoms. The molecule has 0 aliphatic carbocycles. The lowest BCUT2D eigenvalue weighted by atomic mass is 10.2. The fraction of sp³-hybridized carbons (Fsp3) is 0.500. The number of hydrogen-bond donors (Lipinski definition) is 0. The normalized spacial score (nSPS) is 10.9. The Hall–Kier alpha value is -1.58. The molecule has 0 aliphatic rings. The van der Waals surface area contributed by atoms with Crippen LogP contribution in [0.2, 0.25) is 0 Å². The van der Waals surface area contributed by atoms with Gasteiger partial charge in [0.2, 0.25) is 0 Å². The first-order chi connectivity index (χ1) is 7.74. The largest absolute Gasteiger partial charge is 0.336 e. The Bertz CT molecular complexity index is 467. The number of rotatable bonds is 4. The van der Waals surface area contributed by atoms with Gasteiger partial charge in [0.1, 0.15) is 0 Å². The molecule has 0 fully saturated rings. The fourth-order valence-corrected chi connectivity index (χ4v) is 1.80. The lowest BCUT2D eigenvalue weighted by Gasteiger charge is -2.06. The van der Waals surface area contributed by atoms with Gasteiger partial charge in [-0.05, 0) is 18.9 Å². The Morgan fingerprint density at radius 3 is 2.56 bits per heavy atom. The van der Waals surface area contributed by atoms with Crippen LogP contribution in [0.4, 0.5) is 0 Å². The smallest absolute Gasteiger partial charge is 0.0946 e. The molecule has 0 N–H and O–H groups in total.